The first-order chi connectivity index (χ1) is 5.65. The lowest BCUT2D eigenvalue weighted by Crippen LogP contribution is -1.92. The van der Waals surface area contributed by atoms with E-state index in [1.165, 1.54) is 14.7 Å². The van der Waals surface area contributed by atoms with Gasteiger partial charge in [-0.1, -0.05) is 15.9 Å². The number of rotatable bonds is 2. The molecule has 3 heteroatoms. The molecule has 0 amide bonds. The molecular formula is C9H10BrIO. The van der Waals surface area contributed by atoms with Gasteiger partial charge in [0.05, 0.1) is 6.61 Å². The molecule has 0 unspecified atom stereocenters. The van der Waals surface area contributed by atoms with Gasteiger partial charge in [-0.05, 0) is 52.8 Å². The highest BCUT2D eigenvalue weighted by Gasteiger charge is 2.02. The van der Waals surface area contributed by atoms with Crippen LogP contribution in [0.15, 0.2) is 16.6 Å². The Morgan fingerprint density at radius 1 is 1.50 bits per heavy atom. The van der Waals surface area contributed by atoms with Crippen molar-refractivity contribution in [2.45, 2.75) is 13.5 Å². The van der Waals surface area contributed by atoms with Crippen LogP contribution in [0.3, 0.4) is 0 Å². The molecular weight excluding hydrogens is 331 g/mol. The quantitative estimate of drug-likeness (QED) is 0.749. The topological polar surface area (TPSA) is 9.23 Å². The molecule has 0 aromatic heterocycles. The number of benzene rings is 1. The Hall–Kier alpha value is 0.390. The Morgan fingerprint density at radius 2 is 2.17 bits per heavy atom. The Labute approximate surface area is 94.8 Å². The van der Waals surface area contributed by atoms with Crippen LogP contribution in [0.4, 0.5) is 0 Å². The minimum Gasteiger partial charge on any atom is -0.380 e. The van der Waals surface area contributed by atoms with Crippen molar-refractivity contribution in [3.8, 4) is 0 Å². The Morgan fingerprint density at radius 3 is 2.75 bits per heavy atom. The molecule has 0 saturated carbocycles. The summed E-state index contributed by atoms with van der Waals surface area (Å²) < 4.78 is 7.48. The lowest BCUT2D eigenvalue weighted by molar-refractivity contribution is 0.184. The van der Waals surface area contributed by atoms with Gasteiger partial charge in [-0.25, -0.2) is 0 Å². The van der Waals surface area contributed by atoms with E-state index in [1.807, 2.05) is 0 Å². The maximum absolute atomic E-state index is 5.07. The molecule has 0 saturated heterocycles. The fraction of sp³-hybridized carbons (Fsp3) is 0.333. The zero-order chi connectivity index (χ0) is 9.14. The molecule has 0 atom stereocenters. The maximum atomic E-state index is 5.07. The van der Waals surface area contributed by atoms with Gasteiger partial charge in [-0.15, -0.1) is 0 Å². The third-order valence-electron chi connectivity index (χ3n) is 1.63. The molecule has 0 aliphatic rings. The number of hydrogen-bond donors (Lipinski definition) is 0. The van der Waals surface area contributed by atoms with Gasteiger partial charge in [0, 0.05) is 15.2 Å². The normalized spacial score (nSPS) is 10.3. The molecule has 0 N–H and O–H groups in total. The zero-order valence-corrected chi connectivity index (χ0v) is 10.8. The second kappa shape index (κ2) is 4.58. The molecule has 0 spiro atoms. The van der Waals surface area contributed by atoms with Crippen LogP contribution >= 0.6 is 38.5 Å². The number of methoxy groups -OCH3 is 1. The molecule has 1 aromatic rings. The smallest absolute Gasteiger partial charge is 0.0724 e. The first kappa shape index (κ1) is 10.5. The van der Waals surface area contributed by atoms with Crippen LogP contribution in [0, 0.1) is 10.5 Å². The van der Waals surface area contributed by atoms with Crippen molar-refractivity contribution < 1.29 is 4.74 Å². The van der Waals surface area contributed by atoms with E-state index in [0.29, 0.717) is 6.61 Å². The van der Waals surface area contributed by atoms with Gasteiger partial charge >= 0.3 is 0 Å². The van der Waals surface area contributed by atoms with E-state index >= 15 is 0 Å². The lowest BCUT2D eigenvalue weighted by Gasteiger charge is -2.06. The fourth-order valence-electron chi connectivity index (χ4n) is 0.954. The van der Waals surface area contributed by atoms with E-state index in [2.05, 4.69) is 57.6 Å². The summed E-state index contributed by atoms with van der Waals surface area (Å²) in [4.78, 5) is 0. The van der Waals surface area contributed by atoms with Gasteiger partial charge in [0.25, 0.3) is 0 Å². The monoisotopic (exact) mass is 340 g/mol. The van der Waals surface area contributed by atoms with Crippen LogP contribution in [0.1, 0.15) is 11.1 Å². The first-order valence-electron chi connectivity index (χ1n) is 3.58. The van der Waals surface area contributed by atoms with Crippen molar-refractivity contribution in [1.29, 1.82) is 0 Å². The van der Waals surface area contributed by atoms with Crippen molar-refractivity contribution >= 4 is 38.5 Å². The van der Waals surface area contributed by atoms with Crippen molar-refractivity contribution in [1.82, 2.24) is 0 Å². The summed E-state index contributed by atoms with van der Waals surface area (Å²) in [6, 6.07) is 4.26. The second-order valence-corrected chi connectivity index (χ2v) is 4.64. The summed E-state index contributed by atoms with van der Waals surface area (Å²) in [5, 5.41) is 0. The summed E-state index contributed by atoms with van der Waals surface area (Å²) >= 11 is 5.83. The molecule has 0 aliphatic heterocycles. The Balaban J connectivity index is 3.05. The largest absolute Gasteiger partial charge is 0.380 e. The molecule has 0 radical (unpaired) electrons. The SMILES string of the molecule is COCc1cc(I)c(C)cc1Br. The van der Waals surface area contributed by atoms with E-state index < -0.39 is 0 Å². The van der Waals surface area contributed by atoms with Crippen LogP contribution in [-0.4, -0.2) is 7.11 Å². The number of halogens is 2. The molecule has 12 heavy (non-hydrogen) atoms. The summed E-state index contributed by atoms with van der Waals surface area (Å²) in [6.45, 7) is 2.76. The number of hydrogen-bond acceptors (Lipinski definition) is 1. The third kappa shape index (κ3) is 2.44. The number of aryl methyl sites for hydroxylation is 1. The average molecular weight is 341 g/mol. The van der Waals surface area contributed by atoms with Gasteiger partial charge in [-0.3, -0.25) is 0 Å². The Kier molecular flexibility index (Phi) is 3.99. The predicted molar refractivity (Wildman–Crippen MR) is 62.3 cm³/mol. The van der Waals surface area contributed by atoms with Gasteiger partial charge in [0.1, 0.15) is 0 Å². The maximum Gasteiger partial charge on any atom is 0.0724 e. The fourth-order valence-corrected chi connectivity index (χ4v) is 2.06. The van der Waals surface area contributed by atoms with E-state index in [-0.39, 0.29) is 0 Å². The van der Waals surface area contributed by atoms with Gasteiger partial charge in [0.15, 0.2) is 0 Å². The van der Waals surface area contributed by atoms with Crippen molar-refractivity contribution in [3.63, 3.8) is 0 Å². The van der Waals surface area contributed by atoms with Gasteiger partial charge in [0.2, 0.25) is 0 Å². The van der Waals surface area contributed by atoms with E-state index in [1.54, 1.807) is 7.11 Å². The highest BCUT2D eigenvalue weighted by molar-refractivity contribution is 14.1. The number of ether oxygens (including phenoxy) is 1. The van der Waals surface area contributed by atoms with Gasteiger partial charge in [-0.2, -0.15) is 0 Å². The minimum atomic E-state index is 0.664. The van der Waals surface area contributed by atoms with Gasteiger partial charge < -0.3 is 4.74 Å². The molecule has 1 nitrogen and oxygen atoms in total. The molecule has 0 aliphatic carbocycles. The highest BCUT2D eigenvalue weighted by atomic mass is 127. The zero-order valence-electron chi connectivity index (χ0n) is 7.03. The molecule has 0 bridgehead atoms. The van der Waals surface area contributed by atoms with Crippen LogP contribution in [0.5, 0.6) is 0 Å². The van der Waals surface area contributed by atoms with Crippen LogP contribution < -0.4 is 0 Å². The predicted octanol–water partition coefficient (Wildman–Crippen LogP) is 3.51. The molecule has 0 fully saturated rings. The highest BCUT2D eigenvalue weighted by Crippen LogP contribution is 2.23. The average Bonchev–Trinajstić information content (AvgIpc) is 2.01. The van der Waals surface area contributed by atoms with Crippen molar-refractivity contribution in [2.24, 2.45) is 0 Å². The second-order valence-electron chi connectivity index (χ2n) is 2.63. The summed E-state index contributed by atoms with van der Waals surface area (Å²) in [5.41, 5.74) is 2.50. The van der Waals surface area contributed by atoms with Crippen molar-refractivity contribution in [3.05, 3.63) is 31.3 Å². The molecule has 1 aromatic carbocycles. The third-order valence-corrected chi connectivity index (χ3v) is 3.53. The van der Waals surface area contributed by atoms with E-state index in [4.69, 9.17) is 4.74 Å². The summed E-state index contributed by atoms with van der Waals surface area (Å²) in [5.74, 6) is 0. The van der Waals surface area contributed by atoms with E-state index in [9.17, 15) is 0 Å². The summed E-state index contributed by atoms with van der Waals surface area (Å²) in [6.07, 6.45) is 0. The van der Waals surface area contributed by atoms with Crippen molar-refractivity contribution in [2.75, 3.05) is 7.11 Å². The molecule has 1 rings (SSSR count). The minimum absolute atomic E-state index is 0.664. The summed E-state index contributed by atoms with van der Waals surface area (Å²) in [7, 11) is 1.71. The Bertz CT molecular complexity index is 286. The van der Waals surface area contributed by atoms with Crippen LogP contribution in [0.2, 0.25) is 0 Å². The first-order valence-corrected chi connectivity index (χ1v) is 5.45. The molecule has 66 valence electrons. The molecule has 0 heterocycles. The standard InChI is InChI=1S/C9H10BrIO/c1-6-3-8(10)7(5-12-2)4-9(6)11/h3-4H,5H2,1-2H3. The lowest BCUT2D eigenvalue weighted by atomic mass is 10.2. The van der Waals surface area contributed by atoms with Crippen LogP contribution in [-0.2, 0) is 11.3 Å². The van der Waals surface area contributed by atoms with E-state index in [0.717, 1.165) is 4.47 Å². The van der Waals surface area contributed by atoms with Crippen LogP contribution in [0.25, 0.3) is 0 Å².